The molecule has 1 unspecified atom stereocenters. The summed E-state index contributed by atoms with van der Waals surface area (Å²) in [6.45, 7) is 4.78. The Kier molecular flexibility index (Phi) is 3.71. The van der Waals surface area contributed by atoms with Crippen molar-refractivity contribution in [2.75, 3.05) is 5.73 Å². The second kappa shape index (κ2) is 4.82. The summed E-state index contributed by atoms with van der Waals surface area (Å²) in [4.78, 5) is 3.98. The fourth-order valence-electron chi connectivity index (χ4n) is 0.878. The summed E-state index contributed by atoms with van der Waals surface area (Å²) in [5.74, 6) is 0.548. The van der Waals surface area contributed by atoms with E-state index in [4.69, 9.17) is 10.5 Å². The molecule has 1 atom stereocenters. The van der Waals surface area contributed by atoms with Crippen LogP contribution in [0.25, 0.3) is 0 Å². The quantitative estimate of drug-likeness (QED) is 0.770. The smallest absolute Gasteiger partial charge is 0.123 e. The van der Waals surface area contributed by atoms with Crippen molar-refractivity contribution in [1.82, 2.24) is 4.98 Å². The number of nitrogens with two attached hydrogens (primary N) is 1. The fraction of sp³-hybridized carbons (Fsp3) is 0.500. The Bertz CT molecular complexity index is 246. The molecule has 0 saturated carbocycles. The Labute approximate surface area is 78.9 Å². The first-order chi connectivity index (χ1) is 6.22. The molecule has 0 aliphatic heterocycles. The van der Waals surface area contributed by atoms with Gasteiger partial charge in [-0.15, -0.1) is 0 Å². The van der Waals surface area contributed by atoms with Gasteiger partial charge in [0, 0.05) is 6.20 Å². The molecule has 0 bridgehead atoms. The van der Waals surface area contributed by atoms with Gasteiger partial charge >= 0.3 is 0 Å². The van der Waals surface area contributed by atoms with E-state index in [-0.39, 0.29) is 0 Å². The average molecular weight is 180 g/mol. The van der Waals surface area contributed by atoms with Crippen LogP contribution in [0, 0.1) is 0 Å². The third-order valence-electron chi connectivity index (χ3n) is 1.96. The van der Waals surface area contributed by atoms with Crippen molar-refractivity contribution < 1.29 is 4.74 Å². The number of pyridine rings is 1. The van der Waals surface area contributed by atoms with Gasteiger partial charge in [-0.05, 0) is 25.0 Å². The highest BCUT2D eigenvalue weighted by Gasteiger charge is 1.99. The van der Waals surface area contributed by atoms with E-state index in [0.29, 0.717) is 18.5 Å². The summed E-state index contributed by atoms with van der Waals surface area (Å²) in [6, 6.07) is 3.72. The predicted molar refractivity (Wildman–Crippen MR) is 53.2 cm³/mol. The van der Waals surface area contributed by atoms with Gasteiger partial charge in [0.15, 0.2) is 0 Å². The molecule has 0 saturated heterocycles. The second-order valence-corrected chi connectivity index (χ2v) is 3.12. The Hall–Kier alpha value is -1.09. The lowest BCUT2D eigenvalue weighted by atomic mass is 10.3. The summed E-state index contributed by atoms with van der Waals surface area (Å²) in [7, 11) is 0. The molecule has 0 aliphatic rings. The van der Waals surface area contributed by atoms with E-state index in [1.165, 1.54) is 0 Å². The van der Waals surface area contributed by atoms with Crippen LogP contribution in [0.5, 0.6) is 0 Å². The standard InChI is InChI=1S/C10H16N2O/c1-3-8(2)13-7-9-4-5-10(11)12-6-9/h4-6,8H,3,7H2,1-2H3,(H2,11,12). The van der Waals surface area contributed by atoms with Crippen molar-refractivity contribution in [1.29, 1.82) is 0 Å². The van der Waals surface area contributed by atoms with Crippen LogP contribution < -0.4 is 5.73 Å². The first-order valence-electron chi connectivity index (χ1n) is 4.54. The molecule has 0 aromatic carbocycles. The maximum absolute atomic E-state index is 5.54. The van der Waals surface area contributed by atoms with Gasteiger partial charge in [-0.1, -0.05) is 13.0 Å². The minimum absolute atomic E-state index is 0.303. The molecular weight excluding hydrogens is 164 g/mol. The maximum Gasteiger partial charge on any atom is 0.123 e. The van der Waals surface area contributed by atoms with Gasteiger partial charge in [-0.25, -0.2) is 4.98 Å². The molecule has 0 spiro atoms. The van der Waals surface area contributed by atoms with E-state index in [2.05, 4.69) is 18.8 Å². The van der Waals surface area contributed by atoms with E-state index in [1.807, 2.05) is 6.07 Å². The summed E-state index contributed by atoms with van der Waals surface area (Å²) in [6.07, 6.45) is 3.08. The molecule has 0 fully saturated rings. The highest BCUT2D eigenvalue weighted by Crippen LogP contribution is 2.05. The van der Waals surface area contributed by atoms with Crippen LogP contribution in [-0.4, -0.2) is 11.1 Å². The molecule has 1 aromatic heterocycles. The number of aromatic nitrogens is 1. The van der Waals surface area contributed by atoms with Crippen molar-refractivity contribution in [3.8, 4) is 0 Å². The number of nitrogens with zero attached hydrogens (tertiary/aromatic N) is 1. The highest BCUT2D eigenvalue weighted by molar-refractivity contribution is 5.28. The molecule has 0 aliphatic carbocycles. The number of hydrogen-bond acceptors (Lipinski definition) is 3. The van der Waals surface area contributed by atoms with Gasteiger partial charge in [-0.3, -0.25) is 0 Å². The van der Waals surface area contributed by atoms with E-state index in [9.17, 15) is 0 Å². The predicted octanol–water partition coefficient (Wildman–Crippen LogP) is 1.98. The van der Waals surface area contributed by atoms with Crippen LogP contribution in [0.15, 0.2) is 18.3 Å². The molecule has 0 amide bonds. The first kappa shape index (κ1) is 9.99. The van der Waals surface area contributed by atoms with Gasteiger partial charge in [0.25, 0.3) is 0 Å². The van der Waals surface area contributed by atoms with Crippen LogP contribution in [0.4, 0.5) is 5.82 Å². The number of hydrogen-bond donors (Lipinski definition) is 1. The Morgan fingerprint density at radius 3 is 2.85 bits per heavy atom. The second-order valence-electron chi connectivity index (χ2n) is 3.12. The topological polar surface area (TPSA) is 48.1 Å². The van der Waals surface area contributed by atoms with Gasteiger partial charge in [0.2, 0.25) is 0 Å². The summed E-state index contributed by atoms with van der Waals surface area (Å²) in [5.41, 5.74) is 6.52. The molecule has 3 nitrogen and oxygen atoms in total. The minimum atomic E-state index is 0.303. The van der Waals surface area contributed by atoms with E-state index in [1.54, 1.807) is 12.3 Å². The molecule has 3 heteroatoms. The molecule has 72 valence electrons. The number of anilines is 1. The summed E-state index contributed by atoms with van der Waals surface area (Å²) < 4.78 is 5.54. The van der Waals surface area contributed by atoms with Crippen molar-refractivity contribution in [3.05, 3.63) is 23.9 Å². The summed E-state index contributed by atoms with van der Waals surface area (Å²) >= 11 is 0. The molecule has 1 aromatic rings. The lowest BCUT2D eigenvalue weighted by Crippen LogP contribution is -2.06. The SMILES string of the molecule is CCC(C)OCc1ccc(N)nc1. The minimum Gasteiger partial charge on any atom is -0.384 e. The lowest BCUT2D eigenvalue weighted by molar-refractivity contribution is 0.0507. The van der Waals surface area contributed by atoms with Gasteiger partial charge in [0.1, 0.15) is 5.82 Å². The molecule has 0 radical (unpaired) electrons. The number of nitrogen functional groups attached to an aromatic ring is 1. The van der Waals surface area contributed by atoms with Crippen molar-refractivity contribution in [2.24, 2.45) is 0 Å². The van der Waals surface area contributed by atoms with Gasteiger partial charge in [-0.2, -0.15) is 0 Å². The van der Waals surface area contributed by atoms with Crippen LogP contribution in [0.2, 0.25) is 0 Å². The third kappa shape index (κ3) is 3.42. The first-order valence-corrected chi connectivity index (χ1v) is 4.54. The van der Waals surface area contributed by atoms with E-state index < -0.39 is 0 Å². The summed E-state index contributed by atoms with van der Waals surface area (Å²) in [5, 5.41) is 0. The normalized spacial score (nSPS) is 12.8. The van der Waals surface area contributed by atoms with Gasteiger partial charge < -0.3 is 10.5 Å². The number of ether oxygens (including phenoxy) is 1. The monoisotopic (exact) mass is 180 g/mol. The van der Waals surface area contributed by atoms with Crippen LogP contribution >= 0.6 is 0 Å². The average Bonchev–Trinajstić information content (AvgIpc) is 2.16. The van der Waals surface area contributed by atoms with Crippen LogP contribution in [0.3, 0.4) is 0 Å². The Morgan fingerprint density at radius 2 is 2.31 bits per heavy atom. The molecule has 1 rings (SSSR count). The zero-order chi connectivity index (χ0) is 9.68. The highest BCUT2D eigenvalue weighted by atomic mass is 16.5. The zero-order valence-electron chi connectivity index (χ0n) is 8.16. The fourth-order valence-corrected chi connectivity index (χ4v) is 0.878. The number of rotatable bonds is 4. The molecule has 2 N–H and O–H groups in total. The zero-order valence-corrected chi connectivity index (χ0v) is 8.16. The van der Waals surface area contributed by atoms with Gasteiger partial charge in [0.05, 0.1) is 12.7 Å². The van der Waals surface area contributed by atoms with Crippen LogP contribution in [0.1, 0.15) is 25.8 Å². The molecular formula is C10H16N2O. The maximum atomic E-state index is 5.54. The Balaban J connectivity index is 2.41. The molecule has 1 heterocycles. The van der Waals surface area contributed by atoms with Crippen molar-refractivity contribution >= 4 is 5.82 Å². The third-order valence-corrected chi connectivity index (χ3v) is 1.96. The lowest BCUT2D eigenvalue weighted by Gasteiger charge is -2.09. The largest absolute Gasteiger partial charge is 0.384 e. The van der Waals surface area contributed by atoms with Crippen molar-refractivity contribution in [2.45, 2.75) is 33.0 Å². The van der Waals surface area contributed by atoms with Crippen molar-refractivity contribution in [3.63, 3.8) is 0 Å². The van der Waals surface area contributed by atoms with E-state index in [0.717, 1.165) is 12.0 Å². The molecule has 13 heavy (non-hydrogen) atoms. The van der Waals surface area contributed by atoms with E-state index >= 15 is 0 Å². The van der Waals surface area contributed by atoms with Crippen LogP contribution in [-0.2, 0) is 11.3 Å². The Morgan fingerprint density at radius 1 is 1.54 bits per heavy atom.